The Morgan fingerprint density at radius 1 is 1.50 bits per heavy atom. The largest absolute Gasteiger partial charge is 0.331 e. The van der Waals surface area contributed by atoms with E-state index in [2.05, 4.69) is 33.9 Å². The maximum atomic E-state index is 5.24. The maximum absolute atomic E-state index is 5.24. The van der Waals surface area contributed by atoms with Crippen molar-refractivity contribution in [3.63, 3.8) is 0 Å². The normalized spacial score (nSPS) is 18.1. The Hall–Kier alpha value is -1.47. The highest BCUT2D eigenvalue weighted by Gasteiger charge is 2.22. The number of hydrazine groups is 1. The van der Waals surface area contributed by atoms with Gasteiger partial charge >= 0.3 is 0 Å². The molecule has 7 heteroatoms. The van der Waals surface area contributed by atoms with E-state index >= 15 is 0 Å². The maximum Gasteiger partial charge on any atom is 0.189 e. The molecule has 18 heavy (non-hydrogen) atoms. The summed E-state index contributed by atoms with van der Waals surface area (Å²) >= 11 is 9.56. The molecule has 96 valence electrons. The first-order chi connectivity index (χ1) is 8.56. The summed E-state index contributed by atoms with van der Waals surface area (Å²) in [5.74, 6) is 0.781. The van der Waals surface area contributed by atoms with Crippen molar-refractivity contribution in [3.05, 3.63) is 29.8 Å². The number of anilines is 1. The first kappa shape index (κ1) is 13.0. The Bertz CT molecular complexity index is 488. The summed E-state index contributed by atoms with van der Waals surface area (Å²) in [6.07, 6.45) is 0. The minimum Gasteiger partial charge on any atom is -0.331 e. The molecular formula is C11H15N5S2. The summed E-state index contributed by atoms with van der Waals surface area (Å²) in [5.41, 5.74) is 7.76. The molecule has 3 N–H and O–H groups in total. The number of nitrogens with zero attached hydrogens (tertiary/aromatic N) is 2. The highest BCUT2D eigenvalue weighted by molar-refractivity contribution is 7.81. The van der Waals surface area contributed by atoms with Crippen LogP contribution in [-0.4, -0.2) is 21.5 Å². The van der Waals surface area contributed by atoms with Crippen LogP contribution in [0.15, 0.2) is 29.4 Å². The summed E-state index contributed by atoms with van der Waals surface area (Å²) in [4.78, 5) is 0. The van der Waals surface area contributed by atoms with E-state index in [1.54, 1.807) is 5.01 Å². The number of rotatable bonds is 2. The Morgan fingerprint density at radius 3 is 2.89 bits per heavy atom. The number of hydrogen-bond donors (Lipinski definition) is 4. The zero-order valence-electron chi connectivity index (χ0n) is 10.1. The topological polar surface area (TPSA) is 51.7 Å². The van der Waals surface area contributed by atoms with E-state index in [0.717, 1.165) is 11.5 Å². The molecule has 0 bridgehead atoms. The van der Waals surface area contributed by atoms with Crippen molar-refractivity contribution in [1.29, 1.82) is 0 Å². The third-order valence-corrected chi connectivity index (χ3v) is 2.97. The van der Waals surface area contributed by atoms with Crippen molar-refractivity contribution in [2.75, 3.05) is 5.32 Å². The fraction of sp³-hybridized carbons (Fsp3) is 0.273. The number of aryl methyl sites for hydroxylation is 1. The molecule has 1 aliphatic rings. The molecule has 0 radical (unpaired) electrons. The number of benzene rings is 1. The molecule has 1 aliphatic heterocycles. The van der Waals surface area contributed by atoms with Gasteiger partial charge in [0.15, 0.2) is 10.6 Å². The Balaban J connectivity index is 1.95. The molecule has 5 nitrogen and oxygen atoms in total. The number of hydrazone groups is 1. The van der Waals surface area contributed by atoms with E-state index < -0.39 is 0 Å². The van der Waals surface area contributed by atoms with Gasteiger partial charge in [0.25, 0.3) is 0 Å². The lowest BCUT2D eigenvalue weighted by Gasteiger charge is -2.24. The molecule has 0 saturated carbocycles. The Labute approximate surface area is 117 Å². The monoisotopic (exact) mass is 281 g/mol. The first-order valence-electron chi connectivity index (χ1n) is 5.47. The quantitative estimate of drug-likeness (QED) is 0.490. The average Bonchev–Trinajstić information content (AvgIpc) is 2.61. The fourth-order valence-corrected chi connectivity index (χ4v) is 2.07. The van der Waals surface area contributed by atoms with Gasteiger partial charge in [-0.25, -0.2) is 5.01 Å². The van der Waals surface area contributed by atoms with Crippen LogP contribution in [0.5, 0.6) is 0 Å². The van der Waals surface area contributed by atoms with Crippen LogP contribution in [0.4, 0.5) is 5.69 Å². The number of thiocarbonyl (C=S) groups is 1. The molecule has 1 unspecified atom stereocenters. The van der Waals surface area contributed by atoms with Gasteiger partial charge in [-0.15, -0.1) is 12.6 Å². The van der Waals surface area contributed by atoms with Gasteiger partial charge in [0.1, 0.15) is 5.84 Å². The fourth-order valence-electron chi connectivity index (χ4n) is 1.57. The predicted octanol–water partition coefficient (Wildman–Crippen LogP) is 1.65. The van der Waals surface area contributed by atoms with Gasteiger partial charge < -0.3 is 5.32 Å². The molecule has 1 atom stereocenters. The van der Waals surface area contributed by atoms with Crippen molar-refractivity contribution >= 4 is 41.5 Å². The second-order valence-corrected chi connectivity index (χ2v) is 4.86. The van der Waals surface area contributed by atoms with Crippen LogP contribution in [0.2, 0.25) is 0 Å². The van der Waals surface area contributed by atoms with E-state index in [-0.39, 0.29) is 5.50 Å². The molecule has 0 aromatic heterocycles. The van der Waals surface area contributed by atoms with Gasteiger partial charge in [0.2, 0.25) is 0 Å². The van der Waals surface area contributed by atoms with E-state index in [0.29, 0.717) is 5.11 Å². The Morgan fingerprint density at radius 2 is 2.28 bits per heavy atom. The lowest BCUT2D eigenvalue weighted by molar-refractivity contribution is 0.355. The molecule has 0 spiro atoms. The summed E-state index contributed by atoms with van der Waals surface area (Å²) in [7, 11) is 0. The van der Waals surface area contributed by atoms with Gasteiger partial charge in [0, 0.05) is 5.69 Å². The van der Waals surface area contributed by atoms with Crippen molar-refractivity contribution in [2.45, 2.75) is 19.3 Å². The van der Waals surface area contributed by atoms with Crippen molar-refractivity contribution in [1.82, 2.24) is 15.9 Å². The van der Waals surface area contributed by atoms with Gasteiger partial charge in [-0.3, -0.25) is 10.9 Å². The number of nitrogens with one attached hydrogen (secondary N) is 3. The summed E-state index contributed by atoms with van der Waals surface area (Å²) in [6, 6.07) is 8.00. The number of hydrogen-bond acceptors (Lipinski definition) is 5. The number of thiol groups is 1. The van der Waals surface area contributed by atoms with Crippen LogP contribution in [0.1, 0.15) is 12.5 Å². The SMILES string of the molecule is CC1=NNC(S)N1NC(=S)Nc1cccc(C)c1. The molecule has 1 aromatic carbocycles. The summed E-state index contributed by atoms with van der Waals surface area (Å²) in [6.45, 7) is 3.90. The van der Waals surface area contributed by atoms with Gasteiger partial charge in [0.05, 0.1) is 0 Å². The zero-order chi connectivity index (χ0) is 13.1. The lowest BCUT2D eigenvalue weighted by Crippen LogP contribution is -2.49. The van der Waals surface area contributed by atoms with E-state index in [1.807, 2.05) is 38.1 Å². The van der Waals surface area contributed by atoms with Gasteiger partial charge in [-0.1, -0.05) is 12.1 Å². The molecular weight excluding hydrogens is 266 g/mol. The molecule has 0 saturated heterocycles. The van der Waals surface area contributed by atoms with Crippen LogP contribution in [0.3, 0.4) is 0 Å². The molecule has 0 aliphatic carbocycles. The molecule has 1 aromatic rings. The van der Waals surface area contributed by atoms with Crippen molar-refractivity contribution in [2.24, 2.45) is 5.10 Å². The smallest absolute Gasteiger partial charge is 0.189 e. The molecule has 2 rings (SSSR count). The second-order valence-electron chi connectivity index (χ2n) is 3.97. The lowest BCUT2D eigenvalue weighted by atomic mass is 10.2. The van der Waals surface area contributed by atoms with E-state index in [9.17, 15) is 0 Å². The van der Waals surface area contributed by atoms with Crippen molar-refractivity contribution < 1.29 is 0 Å². The molecule has 0 fully saturated rings. The highest BCUT2D eigenvalue weighted by Crippen LogP contribution is 2.10. The standard InChI is InChI=1S/C11H15N5S2/c1-7-4-3-5-9(6-7)12-10(17)15-16-8(2)13-14-11(16)18/h3-6,11,14,18H,1-2H3,(H2,12,15,17). The van der Waals surface area contributed by atoms with Gasteiger partial charge in [-0.05, 0) is 43.8 Å². The van der Waals surface area contributed by atoms with Gasteiger partial charge in [-0.2, -0.15) is 5.10 Å². The van der Waals surface area contributed by atoms with Crippen LogP contribution in [0.25, 0.3) is 0 Å². The third kappa shape index (κ3) is 3.05. The van der Waals surface area contributed by atoms with E-state index in [4.69, 9.17) is 12.2 Å². The zero-order valence-corrected chi connectivity index (χ0v) is 11.8. The Kier molecular flexibility index (Phi) is 3.93. The number of amidine groups is 1. The second kappa shape index (κ2) is 5.45. The van der Waals surface area contributed by atoms with Crippen LogP contribution < -0.4 is 16.2 Å². The molecule has 0 amide bonds. The van der Waals surface area contributed by atoms with E-state index in [1.165, 1.54) is 5.56 Å². The first-order valence-corrected chi connectivity index (χ1v) is 6.40. The van der Waals surface area contributed by atoms with Crippen LogP contribution in [-0.2, 0) is 0 Å². The predicted molar refractivity (Wildman–Crippen MR) is 81.4 cm³/mol. The minimum atomic E-state index is -0.220. The van der Waals surface area contributed by atoms with Crippen LogP contribution in [0, 0.1) is 6.92 Å². The van der Waals surface area contributed by atoms with Crippen LogP contribution >= 0.6 is 24.8 Å². The highest BCUT2D eigenvalue weighted by atomic mass is 32.1. The summed E-state index contributed by atoms with van der Waals surface area (Å²) in [5, 5.41) is 9.39. The third-order valence-electron chi connectivity index (χ3n) is 2.43. The van der Waals surface area contributed by atoms with Crippen molar-refractivity contribution in [3.8, 4) is 0 Å². The molecule has 1 heterocycles. The average molecular weight is 281 g/mol. The minimum absolute atomic E-state index is 0.220. The summed E-state index contributed by atoms with van der Waals surface area (Å²) < 4.78 is 0.